The number of aryl methyl sites for hydroxylation is 1. The van der Waals surface area contributed by atoms with E-state index in [2.05, 4.69) is 20.1 Å². The Balaban J connectivity index is 1.74. The van der Waals surface area contributed by atoms with E-state index in [1.165, 1.54) is 6.42 Å². The second-order valence-electron chi connectivity index (χ2n) is 5.63. The first kappa shape index (κ1) is 15.4. The highest BCUT2D eigenvalue weighted by Gasteiger charge is 2.19. The van der Waals surface area contributed by atoms with Gasteiger partial charge in [0.15, 0.2) is 0 Å². The van der Waals surface area contributed by atoms with Crippen LogP contribution in [0.2, 0.25) is 5.02 Å². The van der Waals surface area contributed by atoms with Gasteiger partial charge in [-0.2, -0.15) is 0 Å². The largest absolute Gasteiger partial charge is 0.314 e. The molecule has 1 aromatic heterocycles. The zero-order valence-electron chi connectivity index (χ0n) is 12.6. The van der Waals surface area contributed by atoms with Gasteiger partial charge in [0.25, 0.3) is 0 Å². The van der Waals surface area contributed by atoms with Gasteiger partial charge in [-0.25, -0.2) is 4.39 Å². The molecule has 0 fully saturated rings. The minimum absolute atomic E-state index is 0.0877. The quantitative estimate of drug-likeness (QED) is 0.913. The van der Waals surface area contributed by atoms with Crippen molar-refractivity contribution in [2.45, 2.75) is 51.7 Å². The first-order valence-electron chi connectivity index (χ1n) is 7.79. The lowest BCUT2D eigenvalue weighted by Gasteiger charge is -2.20. The summed E-state index contributed by atoms with van der Waals surface area (Å²) >= 11 is 5.88. The van der Waals surface area contributed by atoms with Crippen molar-refractivity contribution in [3.63, 3.8) is 0 Å². The summed E-state index contributed by atoms with van der Waals surface area (Å²) in [4.78, 5) is 0. The Bertz CT molecular complexity index is 656. The van der Waals surface area contributed by atoms with Gasteiger partial charge in [-0.15, -0.1) is 10.2 Å². The van der Waals surface area contributed by atoms with E-state index < -0.39 is 0 Å². The fourth-order valence-electron chi connectivity index (χ4n) is 2.98. The van der Waals surface area contributed by atoms with E-state index >= 15 is 0 Å². The topological polar surface area (TPSA) is 42.7 Å². The molecule has 1 aliphatic heterocycles. The molecule has 0 aliphatic carbocycles. The maximum Gasteiger partial charge on any atom is 0.147 e. The van der Waals surface area contributed by atoms with E-state index in [0.29, 0.717) is 12.1 Å². The predicted octanol–water partition coefficient (Wildman–Crippen LogP) is 3.65. The summed E-state index contributed by atoms with van der Waals surface area (Å²) in [5.41, 5.74) is 0.605. The molecule has 0 saturated carbocycles. The lowest BCUT2D eigenvalue weighted by Crippen LogP contribution is -2.24. The maximum atomic E-state index is 14.2. The molecule has 0 spiro atoms. The molecule has 1 aromatic carbocycles. The highest BCUT2D eigenvalue weighted by molar-refractivity contribution is 6.30. The van der Waals surface area contributed by atoms with Crippen molar-refractivity contribution in [3.05, 3.63) is 46.3 Å². The van der Waals surface area contributed by atoms with Crippen LogP contribution in [0.4, 0.5) is 4.39 Å². The van der Waals surface area contributed by atoms with Crippen LogP contribution in [-0.2, 0) is 19.5 Å². The van der Waals surface area contributed by atoms with Crippen molar-refractivity contribution in [1.29, 1.82) is 0 Å². The van der Waals surface area contributed by atoms with Gasteiger partial charge in [0.05, 0.1) is 11.6 Å². The summed E-state index contributed by atoms with van der Waals surface area (Å²) in [5, 5.41) is 12.1. The Hall–Kier alpha value is -1.46. The Morgan fingerprint density at radius 2 is 2.23 bits per heavy atom. The zero-order chi connectivity index (χ0) is 15.5. The Labute approximate surface area is 134 Å². The summed E-state index contributed by atoms with van der Waals surface area (Å²) in [6.07, 6.45) is 4.11. The van der Waals surface area contributed by atoms with E-state index in [9.17, 15) is 4.39 Å². The monoisotopic (exact) mass is 322 g/mol. The zero-order valence-corrected chi connectivity index (χ0v) is 13.4. The van der Waals surface area contributed by atoms with Crippen LogP contribution in [0.1, 0.15) is 49.4 Å². The molecule has 0 bridgehead atoms. The van der Waals surface area contributed by atoms with Crippen molar-refractivity contribution in [1.82, 2.24) is 20.1 Å². The first-order chi connectivity index (χ1) is 10.7. The Kier molecular flexibility index (Phi) is 4.74. The number of aromatic nitrogens is 3. The van der Waals surface area contributed by atoms with Crippen LogP contribution in [0.5, 0.6) is 0 Å². The minimum Gasteiger partial charge on any atom is -0.314 e. The van der Waals surface area contributed by atoms with Gasteiger partial charge in [0.2, 0.25) is 0 Å². The SMILES string of the molecule is CC[C@@H](NCc1nnc2n1CCCC2)c1cccc(Cl)c1F. The number of hydrogen-bond acceptors (Lipinski definition) is 3. The van der Waals surface area contributed by atoms with Crippen LogP contribution in [0.3, 0.4) is 0 Å². The first-order valence-corrected chi connectivity index (χ1v) is 8.16. The van der Waals surface area contributed by atoms with E-state index in [-0.39, 0.29) is 16.9 Å². The van der Waals surface area contributed by atoms with E-state index in [0.717, 1.165) is 37.5 Å². The highest BCUT2D eigenvalue weighted by Crippen LogP contribution is 2.25. The standard InChI is InChI=1S/C16H20ClFN4/c1-2-13(11-6-5-7-12(17)16(11)18)19-10-15-21-20-14-8-3-4-9-22(14)15/h5-7,13,19H,2-4,8-10H2,1H3/t13-/m1/s1. The number of fused-ring (bicyclic) bond motifs is 1. The molecule has 1 aliphatic rings. The van der Waals surface area contributed by atoms with Crippen molar-refractivity contribution in [2.75, 3.05) is 0 Å². The maximum absolute atomic E-state index is 14.2. The molecule has 3 rings (SSSR count). The summed E-state index contributed by atoms with van der Waals surface area (Å²) in [6, 6.07) is 5.04. The average Bonchev–Trinajstić information content (AvgIpc) is 2.95. The van der Waals surface area contributed by atoms with Gasteiger partial charge in [-0.1, -0.05) is 30.7 Å². The highest BCUT2D eigenvalue weighted by atomic mass is 35.5. The number of nitrogens with one attached hydrogen (secondary N) is 1. The van der Waals surface area contributed by atoms with Gasteiger partial charge in [0, 0.05) is 24.6 Å². The second-order valence-corrected chi connectivity index (χ2v) is 6.03. The van der Waals surface area contributed by atoms with Gasteiger partial charge in [0.1, 0.15) is 17.5 Å². The number of nitrogens with zero attached hydrogens (tertiary/aromatic N) is 3. The van der Waals surface area contributed by atoms with Gasteiger partial charge < -0.3 is 9.88 Å². The number of hydrogen-bond donors (Lipinski definition) is 1. The molecule has 6 heteroatoms. The summed E-state index contributed by atoms with van der Waals surface area (Å²) < 4.78 is 16.4. The molecule has 118 valence electrons. The van der Waals surface area contributed by atoms with Crippen molar-refractivity contribution >= 4 is 11.6 Å². The lowest BCUT2D eigenvalue weighted by atomic mass is 10.0. The van der Waals surface area contributed by atoms with Crippen molar-refractivity contribution in [3.8, 4) is 0 Å². The lowest BCUT2D eigenvalue weighted by molar-refractivity contribution is 0.456. The third-order valence-corrected chi connectivity index (χ3v) is 4.50. The fourth-order valence-corrected chi connectivity index (χ4v) is 3.16. The number of halogens is 2. The molecule has 1 atom stereocenters. The summed E-state index contributed by atoms with van der Waals surface area (Å²) in [6.45, 7) is 3.58. The molecular formula is C16H20ClFN4. The van der Waals surface area contributed by atoms with E-state index in [4.69, 9.17) is 11.6 Å². The molecule has 1 N–H and O–H groups in total. The van der Waals surface area contributed by atoms with Crippen LogP contribution < -0.4 is 5.32 Å². The van der Waals surface area contributed by atoms with Crippen LogP contribution in [0.15, 0.2) is 18.2 Å². The third kappa shape index (κ3) is 3.01. The normalized spacial score (nSPS) is 15.6. The molecule has 4 nitrogen and oxygen atoms in total. The number of rotatable bonds is 5. The van der Waals surface area contributed by atoms with Crippen LogP contribution in [0.25, 0.3) is 0 Å². The fraction of sp³-hybridized carbons (Fsp3) is 0.500. The van der Waals surface area contributed by atoms with Gasteiger partial charge >= 0.3 is 0 Å². The summed E-state index contributed by atoms with van der Waals surface area (Å²) in [7, 11) is 0. The smallest absolute Gasteiger partial charge is 0.147 e. The predicted molar refractivity (Wildman–Crippen MR) is 84.2 cm³/mol. The number of benzene rings is 1. The van der Waals surface area contributed by atoms with Crippen LogP contribution >= 0.6 is 11.6 Å². The molecule has 22 heavy (non-hydrogen) atoms. The second kappa shape index (κ2) is 6.75. The molecule has 0 amide bonds. The van der Waals surface area contributed by atoms with Crippen LogP contribution in [0, 0.1) is 5.82 Å². The van der Waals surface area contributed by atoms with E-state index in [1.54, 1.807) is 18.2 Å². The average molecular weight is 323 g/mol. The summed E-state index contributed by atoms with van der Waals surface area (Å²) in [5.74, 6) is 1.65. The van der Waals surface area contributed by atoms with Crippen LogP contribution in [-0.4, -0.2) is 14.8 Å². The Morgan fingerprint density at radius 3 is 3.05 bits per heavy atom. The van der Waals surface area contributed by atoms with Gasteiger partial charge in [-0.3, -0.25) is 0 Å². The molecule has 2 aromatic rings. The van der Waals surface area contributed by atoms with Crippen molar-refractivity contribution in [2.24, 2.45) is 0 Å². The molecular weight excluding hydrogens is 303 g/mol. The molecule has 0 saturated heterocycles. The third-order valence-electron chi connectivity index (χ3n) is 4.21. The molecule has 0 unspecified atom stereocenters. The molecule has 0 radical (unpaired) electrons. The van der Waals surface area contributed by atoms with Gasteiger partial charge in [-0.05, 0) is 25.3 Å². The van der Waals surface area contributed by atoms with Crippen molar-refractivity contribution < 1.29 is 4.39 Å². The Morgan fingerprint density at radius 1 is 1.36 bits per heavy atom. The minimum atomic E-state index is -0.341. The van der Waals surface area contributed by atoms with E-state index in [1.807, 2.05) is 6.92 Å². The molecule has 2 heterocycles.